The van der Waals surface area contributed by atoms with Crippen LogP contribution in [0.4, 0.5) is 0 Å². The molecule has 3 rings (SSSR count). The quantitative estimate of drug-likeness (QED) is 0.462. The fourth-order valence-corrected chi connectivity index (χ4v) is 3.85. The van der Waals surface area contributed by atoms with Crippen molar-refractivity contribution < 1.29 is 28.9 Å². The van der Waals surface area contributed by atoms with E-state index in [1.165, 1.54) is 0 Å². The number of aliphatic hydroxyl groups is 1. The van der Waals surface area contributed by atoms with Gasteiger partial charge in [-0.2, -0.15) is 0 Å². The summed E-state index contributed by atoms with van der Waals surface area (Å²) in [6.45, 7) is 15.2. The van der Waals surface area contributed by atoms with E-state index in [1.54, 1.807) is 19.9 Å². The summed E-state index contributed by atoms with van der Waals surface area (Å²) in [5.41, 5.74) is 1.98. The number of rotatable bonds is 2. The Bertz CT molecular complexity index is 733. The van der Waals surface area contributed by atoms with Gasteiger partial charge in [0.15, 0.2) is 5.79 Å². The van der Waals surface area contributed by atoms with E-state index in [-0.39, 0.29) is 24.8 Å². The van der Waals surface area contributed by atoms with Crippen molar-refractivity contribution in [1.29, 1.82) is 0 Å². The molecule has 2 bridgehead atoms. The van der Waals surface area contributed by atoms with E-state index >= 15 is 0 Å². The first kappa shape index (κ1) is 18.6. The van der Waals surface area contributed by atoms with Gasteiger partial charge in [0, 0.05) is 30.4 Å². The van der Waals surface area contributed by atoms with Crippen LogP contribution in [0.15, 0.2) is 48.1 Å². The van der Waals surface area contributed by atoms with Crippen LogP contribution in [0.1, 0.15) is 33.1 Å². The average molecular weight is 360 g/mol. The van der Waals surface area contributed by atoms with Gasteiger partial charge in [-0.15, -0.1) is 0 Å². The van der Waals surface area contributed by atoms with Gasteiger partial charge < -0.3 is 19.3 Å². The zero-order valence-electron chi connectivity index (χ0n) is 15.1. The molecule has 0 spiro atoms. The minimum absolute atomic E-state index is 0.193. The molecular formula is C20H24O6. The zero-order chi connectivity index (χ0) is 19.2. The number of hydrogen-bond donors (Lipinski definition) is 1. The van der Waals surface area contributed by atoms with Gasteiger partial charge in [0.25, 0.3) is 0 Å². The third kappa shape index (κ3) is 3.15. The van der Waals surface area contributed by atoms with Gasteiger partial charge >= 0.3 is 11.9 Å². The average Bonchev–Trinajstić information content (AvgIpc) is 3.02. The molecule has 3 saturated heterocycles. The molecule has 1 N–H and O–H groups in total. The highest BCUT2D eigenvalue weighted by atomic mass is 16.7. The molecule has 0 radical (unpaired) electrons. The highest BCUT2D eigenvalue weighted by Crippen LogP contribution is 2.47. The molecule has 0 amide bonds. The molecule has 3 fully saturated rings. The van der Waals surface area contributed by atoms with Crippen LogP contribution in [-0.4, -0.2) is 41.1 Å². The first-order valence-electron chi connectivity index (χ1n) is 8.63. The third-order valence-electron chi connectivity index (χ3n) is 5.24. The number of fused-ring (bicyclic) bond motifs is 4. The Labute approximate surface area is 152 Å². The number of carbonyl (C=O) groups is 2. The lowest BCUT2D eigenvalue weighted by molar-refractivity contribution is -0.209. The Balaban J connectivity index is 2.00. The van der Waals surface area contributed by atoms with E-state index in [4.69, 9.17) is 14.2 Å². The van der Waals surface area contributed by atoms with Crippen LogP contribution in [-0.2, 0) is 23.8 Å². The van der Waals surface area contributed by atoms with Crippen molar-refractivity contribution in [2.75, 3.05) is 0 Å². The van der Waals surface area contributed by atoms with Gasteiger partial charge in [-0.1, -0.05) is 31.4 Å². The molecule has 3 heterocycles. The Morgan fingerprint density at radius 1 is 1.35 bits per heavy atom. The van der Waals surface area contributed by atoms with E-state index in [0.29, 0.717) is 16.7 Å². The van der Waals surface area contributed by atoms with Crippen LogP contribution in [0.5, 0.6) is 0 Å². The summed E-state index contributed by atoms with van der Waals surface area (Å²) in [6, 6.07) is 0. The molecule has 0 aromatic rings. The van der Waals surface area contributed by atoms with E-state index in [0.717, 1.165) is 0 Å². The molecule has 3 aliphatic rings. The number of hydrogen-bond acceptors (Lipinski definition) is 6. The normalized spacial score (nSPS) is 37.6. The molecule has 0 aromatic heterocycles. The molecule has 140 valence electrons. The maximum atomic E-state index is 12.3. The minimum Gasteiger partial charge on any atom is -0.458 e. The first-order chi connectivity index (χ1) is 12.1. The molecule has 0 aromatic carbocycles. The Morgan fingerprint density at radius 2 is 2.04 bits per heavy atom. The fraction of sp³-hybridized carbons (Fsp3) is 0.500. The summed E-state index contributed by atoms with van der Waals surface area (Å²) >= 11 is 0. The van der Waals surface area contributed by atoms with Crippen molar-refractivity contribution in [3.8, 4) is 0 Å². The summed E-state index contributed by atoms with van der Waals surface area (Å²) in [6.07, 6.45) is 0.266. The van der Waals surface area contributed by atoms with Gasteiger partial charge in [0.1, 0.15) is 18.3 Å². The number of esters is 2. The van der Waals surface area contributed by atoms with Gasteiger partial charge in [-0.3, -0.25) is 0 Å². The molecule has 3 aliphatic heterocycles. The van der Waals surface area contributed by atoms with Crippen molar-refractivity contribution >= 4 is 11.9 Å². The second kappa shape index (κ2) is 6.52. The minimum atomic E-state index is -1.43. The topological polar surface area (TPSA) is 82.1 Å². The van der Waals surface area contributed by atoms with E-state index in [9.17, 15) is 14.7 Å². The van der Waals surface area contributed by atoms with Gasteiger partial charge in [-0.25, -0.2) is 9.59 Å². The molecule has 0 saturated carbocycles. The Kier molecular flexibility index (Phi) is 4.67. The molecule has 5 atom stereocenters. The fourth-order valence-electron chi connectivity index (χ4n) is 3.85. The smallest absolute Gasteiger partial charge is 0.334 e. The van der Waals surface area contributed by atoms with Gasteiger partial charge in [0.2, 0.25) is 0 Å². The SMILES string of the molecule is C=C1C[C@H](OC(=O)/C(C)=C/C)[C@H]2C(=C)C(=O)O[C@@H]2[C@H]2O[C@@](O)(C1)CC2=C. The summed E-state index contributed by atoms with van der Waals surface area (Å²) in [4.78, 5) is 24.5. The molecular weight excluding hydrogens is 336 g/mol. The largest absolute Gasteiger partial charge is 0.458 e. The van der Waals surface area contributed by atoms with E-state index in [2.05, 4.69) is 19.7 Å². The van der Waals surface area contributed by atoms with Gasteiger partial charge in [0.05, 0.1) is 5.92 Å². The van der Waals surface area contributed by atoms with Crippen LogP contribution >= 0.6 is 0 Å². The maximum absolute atomic E-state index is 12.3. The van der Waals surface area contributed by atoms with Crippen molar-refractivity contribution in [2.24, 2.45) is 5.92 Å². The molecule has 26 heavy (non-hydrogen) atoms. The molecule has 6 heteroatoms. The van der Waals surface area contributed by atoms with Gasteiger partial charge in [-0.05, 0) is 19.4 Å². The lowest BCUT2D eigenvalue weighted by Gasteiger charge is -2.29. The van der Waals surface area contributed by atoms with Crippen LogP contribution in [0, 0.1) is 5.92 Å². The van der Waals surface area contributed by atoms with Crippen molar-refractivity contribution in [3.05, 3.63) is 48.1 Å². The van der Waals surface area contributed by atoms with Crippen LogP contribution < -0.4 is 0 Å². The standard InChI is InChI=1S/C20H24O6/c1-6-11(3)18(21)24-14-7-10(2)8-20(23)9-12(4)16(26-20)17-15(14)13(5)19(22)25-17/h6,14-17,23H,2,4-5,7-9H2,1,3H3/b11-6+/t14-,15+,16-,17-,20-/m0/s1. The van der Waals surface area contributed by atoms with E-state index < -0.39 is 42.0 Å². The van der Waals surface area contributed by atoms with Crippen molar-refractivity contribution in [3.63, 3.8) is 0 Å². The Hall–Kier alpha value is -2.18. The molecule has 0 aliphatic carbocycles. The zero-order valence-corrected chi connectivity index (χ0v) is 15.1. The highest BCUT2D eigenvalue weighted by molar-refractivity contribution is 5.91. The number of ether oxygens (including phenoxy) is 3. The van der Waals surface area contributed by atoms with Crippen molar-refractivity contribution in [2.45, 2.75) is 57.2 Å². The van der Waals surface area contributed by atoms with Crippen LogP contribution in [0.25, 0.3) is 0 Å². The number of allylic oxidation sites excluding steroid dienone is 1. The lowest BCUT2D eigenvalue weighted by atomic mass is 9.82. The highest BCUT2D eigenvalue weighted by Gasteiger charge is 2.55. The monoisotopic (exact) mass is 360 g/mol. The summed E-state index contributed by atoms with van der Waals surface area (Å²) in [5.74, 6) is -3.05. The molecule has 0 unspecified atom stereocenters. The summed E-state index contributed by atoms with van der Waals surface area (Å²) in [5, 5.41) is 10.7. The second-order valence-corrected chi connectivity index (χ2v) is 7.29. The van der Waals surface area contributed by atoms with Crippen LogP contribution in [0.2, 0.25) is 0 Å². The first-order valence-corrected chi connectivity index (χ1v) is 8.63. The molecule has 6 nitrogen and oxygen atoms in total. The maximum Gasteiger partial charge on any atom is 0.334 e. The van der Waals surface area contributed by atoms with Crippen molar-refractivity contribution in [1.82, 2.24) is 0 Å². The van der Waals surface area contributed by atoms with Crippen LogP contribution in [0.3, 0.4) is 0 Å². The van der Waals surface area contributed by atoms with E-state index in [1.807, 2.05) is 0 Å². The predicted molar refractivity (Wildman–Crippen MR) is 93.8 cm³/mol. The summed E-state index contributed by atoms with van der Waals surface area (Å²) < 4.78 is 17.0. The second-order valence-electron chi connectivity index (χ2n) is 7.29. The third-order valence-corrected chi connectivity index (χ3v) is 5.24. The summed E-state index contributed by atoms with van der Waals surface area (Å²) in [7, 11) is 0. The lowest BCUT2D eigenvalue weighted by Crippen LogP contribution is -2.40. The number of carbonyl (C=O) groups excluding carboxylic acids is 2. The predicted octanol–water partition coefficient (Wildman–Crippen LogP) is 2.35. The Morgan fingerprint density at radius 3 is 2.69 bits per heavy atom.